The van der Waals surface area contributed by atoms with Gasteiger partial charge in [0.25, 0.3) is 0 Å². The second-order valence-electron chi connectivity index (χ2n) is 24.9. The molecule has 498 valence electrons. The minimum absolute atomic E-state index is 0.100. The van der Waals surface area contributed by atoms with Gasteiger partial charge in [0.05, 0.1) is 26.4 Å². The van der Waals surface area contributed by atoms with E-state index in [1.165, 1.54) is 109 Å². The topological polar surface area (TPSA) is 237 Å². The lowest BCUT2D eigenvalue weighted by molar-refractivity contribution is -0.161. The average molecular weight is 1240 g/mol. The number of hydrogen-bond acceptors (Lipinski definition) is 15. The Hall–Kier alpha value is -1.94. The molecule has 0 heterocycles. The van der Waals surface area contributed by atoms with Crippen LogP contribution in [0.3, 0.4) is 0 Å². The summed E-state index contributed by atoms with van der Waals surface area (Å²) in [6, 6.07) is 0. The minimum Gasteiger partial charge on any atom is -0.462 e. The predicted octanol–water partition coefficient (Wildman–Crippen LogP) is 17.8. The summed E-state index contributed by atoms with van der Waals surface area (Å²) in [5, 5.41) is 10.5. The molecule has 17 nitrogen and oxygen atoms in total. The van der Waals surface area contributed by atoms with E-state index in [2.05, 4.69) is 55.4 Å². The lowest BCUT2D eigenvalue weighted by atomic mass is 10.00. The van der Waals surface area contributed by atoms with Gasteiger partial charge in [0, 0.05) is 25.7 Å². The van der Waals surface area contributed by atoms with Gasteiger partial charge < -0.3 is 33.8 Å². The highest BCUT2D eigenvalue weighted by Gasteiger charge is 2.30. The van der Waals surface area contributed by atoms with Crippen molar-refractivity contribution < 1.29 is 80.2 Å². The van der Waals surface area contributed by atoms with Crippen LogP contribution in [0.25, 0.3) is 0 Å². The molecular formula is C65H126O17P2. The van der Waals surface area contributed by atoms with Gasteiger partial charge in [-0.1, -0.05) is 261 Å². The van der Waals surface area contributed by atoms with Crippen molar-refractivity contribution in [3.63, 3.8) is 0 Å². The van der Waals surface area contributed by atoms with Crippen LogP contribution in [0, 0.1) is 23.7 Å². The van der Waals surface area contributed by atoms with E-state index >= 15 is 0 Å². The third-order valence-corrected chi connectivity index (χ3v) is 17.4. The van der Waals surface area contributed by atoms with Crippen molar-refractivity contribution in [3.05, 3.63) is 0 Å². The lowest BCUT2D eigenvalue weighted by Gasteiger charge is -2.21. The summed E-state index contributed by atoms with van der Waals surface area (Å²) >= 11 is 0. The Kier molecular flexibility index (Phi) is 53.9. The molecule has 0 aliphatic carbocycles. The summed E-state index contributed by atoms with van der Waals surface area (Å²) in [6.45, 7) is 13.9. The predicted molar refractivity (Wildman–Crippen MR) is 335 cm³/mol. The van der Waals surface area contributed by atoms with Gasteiger partial charge in [-0.3, -0.25) is 37.3 Å². The molecule has 0 aliphatic rings. The molecule has 7 atom stereocenters. The molecule has 0 aliphatic heterocycles. The van der Waals surface area contributed by atoms with E-state index in [1.54, 1.807) is 0 Å². The number of esters is 4. The van der Waals surface area contributed by atoms with Gasteiger partial charge in [-0.15, -0.1) is 0 Å². The molecule has 0 rings (SSSR count). The molecule has 4 unspecified atom stereocenters. The van der Waals surface area contributed by atoms with Gasteiger partial charge in [-0.2, -0.15) is 0 Å². The molecule has 0 amide bonds. The Labute approximate surface area is 511 Å². The molecule has 0 aromatic heterocycles. The Morgan fingerprint density at radius 3 is 0.845 bits per heavy atom. The third kappa shape index (κ3) is 56.6. The molecule has 19 heteroatoms. The summed E-state index contributed by atoms with van der Waals surface area (Å²) in [5.74, 6) is 0.758. The number of carbonyl (C=O) groups is 4. The van der Waals surface area contributed by atoms with Gasteiger partial charge in [-0.05, 0) is 49.4 Å². The Morgan fingerprint density at radius 1 is 0.333 bits per heavy atom. The van der Waals surface area contributed by atoms with Crippen LogP contribution in [0.2, 0.25) is 0 Å². The van der Waals surface area contributed by atoms with Crippen molar-refractivity contribution in [2.24, 2.45) is 23.7 Å². The molecule has 84 heavy (non-hydrogen) atoms. The Balaban J connectivity index is 5.22. The molecule has 0 fully saturated rings. The van der Waals surface area contributed by atoms with Gasteiger partial charge in [0.2, 0.25) is 0 Å². The van der Waals surface area contributed by atoms with Crippen LogP contribution in [-0.4, -0.2) is 96.7 Å². The maximum Gasteiger partial charge on any atom is 0.472 e. The van der Waals surface area contributed by atoms with E-state index < -0.39 is 97.5 Å². The summed E-state index contributed by atoms with van der Waals surface area (Å²) in [6.07, 6.45) is 35.1. The van der Waals surface area contributed by atoms with Crippen LogP contribution in [0.1, 0.15) is 312 Å². The van der Waals surface area contributed by atoms with E-state index in [1.807, 2.05) is 0 Å². The summed E-state index contributed by atoms with van der Waals surface area (Å²) in [5.41, 5.74) is 0. The summed E-state index contributed by atoms with van der Waals surface area (Å²) in [4.78, 5) is 72.2. The highest BCUT2D eigenvalue weighted by atomic mass is 31.2. The highest BCUT2D eigenvalue weighted by Crippen LogP contribution is 2.45. The van der Waals surface area contributed by atoms with Crippen LogP contribution >= 0.6 is 15.6 Å². The third-order valence-electron chi connectivity index (χ3n) is 15.5. The van der Waals surface area contributed by atoms with Gasteiger partial charge in [-0.25, -0.2) is 9.13 Å². The van der Waals surface area contributed by atoms with E-state index in [4.69, 9.17) is 37.0 Å². The van der Waals surface area contributed by atoms with E-state index in [0.717, 1.165) is 114 Å². The lowest BCUT2D eigenvalue weighted by Crippen LogP contribution is -2.30. The molecule has 3 N–H and O–H groups in total. The van der Waals surface area contributed by atoms with Crippen LogP contribution in [0.5, 0.6) is 0 Å². The van der Waals surface area contributed by atoms with Crippen molar-refractivity contribution in [2.75, 3.05) is 39.6 Å². The first-order valence-corrected chi connectivity index (χ1v) is 36.8. The first kappa shape index (κ1) is 82.1. The fourth-order valence-corrected chi connectivity index (χ4v) is 11.1. The minimum atomic E-state index is -4.95. The molecule has 0 saturated heterocycles. The first-order valence-electron chi connectivity index (χ1n) is 33.8. The standard InChI is InChI=1S/C65H126O17P2/c1-9-57(7)43-35-27-20-23-30-38-46-63(68)76-52-61(81-64(69)47-39-31-22-19-26-34-42-56(5)6)54-80-84(73,74)78-50-59(66)49-77-83(71,72)79-53-60(82-65(70)48-40-32-24-21-28-36-44-58(8)10-2)51-75-62(67)45-37-29-18-16-14-12-11-13-15-17-25-33-41-55(3)4/h55-61,66H,9-54H2,1-8H3,(H,71,72)(H,73,74)/t57?,58?,59-,60-,61-/m1/s1. The average Bonchev–Trinajstić information content (AvgIpc) is 3.50. The normalized spacial score (nSPS) is 15.1. The Bertz CT molecular complexity index is 1680. The number of unbranched alkanes of at least 4 members (excludes halogenated alkanes) is 26. The molecule has 0 radical (unpaired) electrons. The molecule has 0 spiro atoms. The van der Waals surface area contributed by atoms with E-state index in [-0.39, 0.29) is 25.7 Å². The first-order chi connectivity index (χ1) is 40.2. The van der Waals surface area contributed by atoms with Gasteiger partial charge >= 0.3 is 39.5 Å². The molecule has 0 aromatic carbocycles. The second-order valence-corrected chi connectivity index (χ2v) is 27.8. The molecule has 0 bridgehead atoms. The van der Waals surface area contributed by atoms with Gasteiger partial charge in [0.1, 0.15) is 19.3 Å². The number of phosphoric acid groups is 2. The maximum atomic E-state index is 13.0. The number of rotatable bonds is 62. The number of aliphatic hydroxyl groups is 1. The number of ether oxygens (including phenoxy) is 4. The van der Waals surface area contributed by atoms with Crippen LogP contribution in [0.15, 0.2) is 0 Å². The zero-order valence-corrected chi connectivity index (χ0v) is 56.3. The monoisotopic (exact) mass is 1240 g/mol. The Morgan fingerprint density at radius 2 is 0.571 bits per heavy atom. The van der Waals surface area contributed by atoms with Crippen LogP contribution in [-0.2, 0) is 65.4 Å². The number of hydrogen-bond donors (Lipinski definition) is 3. The molecule has 0 saturated carbocycles. The zero-order valence-electron chi connectivity index (χ0n) is 54.5. The van der Waals surface area contributed by atoms with Crippen molar-refractivity contribution in [1.29, 1.82) is 0 Å². The number of aliphatic hydroxyl groups excluding tert-OH is 1. The summed E-state index contributed by atoms with van der Waals surface area (Å²) < 4.78 is 68.0. The summed E-state index contributed by atoms with van der Waals surface area (Å²) in [7, 11) is -9.89. The highest BCUT2D eigenvalue weighted by molar-refractivity contribution is 7.47. The second kappa shape index (κ2) is 55.2. The zero-order chi connectivity index (χ0) is 62.5. The number of phosphoric ester groups is 2. The largest absolute Gasteiger partial charge is 0.472 e. The van der Waals surface area contributed by atoms with Crippen molar-refractivity contribution in [3.8, 4) is 0 Å². The molecular weight excluding hydrogens is 1110 g/mol. The quantitative estimate of drug-likeness (QED) is 0.0222. The van der Waals surface area contributed by atoms with Gasteiger partial charge in [0.15, 0.2) is 12.2 Å². The van der Waals surface area contributed by atoms with Crippen molar-refractivity contribution in [2.45, 2.75) is 331 Å². The fraction of sp³-hybridized carbons (Fsp3) is 0.938. The smallest absolute Gasteiger partial charge is 0.462 e. The van der Waals surface area contributed by atoms with E-state index in [9.17, 15) is 43.2 Å². The van der Waals surface area contributed by atoms with Crippen molar-refractivity contribution in [1.82, 2.24) is 0 Å². The van der Waals surface area contributed by atoms with Crippen LogP contribution in [0.4, 0.5) is 0 Å². The SMILES string of the molecule is CCC(C)CCCCCCCCC(=O)OC[C@H](COP(=O)(O)OC[C@H](O)COP(=O)(O)OC[C@@H](COC(=O)CCCCCCCCCCCCCCC(C)C)OC(=O)CCCCCCCCC(C)CC)OC(=O)CCCCCCCCC(C)C. The van der Waals surface area contributed by atoms with Crippen LogP contribution < -0.4 is 0 Å². The fourth-order valence-electron chi connectivity index (χ4n) is 9.54. The van der Waals surface area contributed by atoms with E-state index in [0.29, 0.717) is 31.6 Å². The van der Waals surface area contributed by atoms with Crippen molar-refractivity contribution >= 4 is 39.5 Å². The molecule has 0 aromatic rings. The number of carbonyl (C=O) groups excluding carboxylic acids is 4. The maximum absolute atomic E-state index is 13.0.